The van der Waals surface area contributed by atoms with Crippen molar-refractivity contribution in [1.29, 1.82) is 0 Å². The van der Waals surface area contributed by atoms with Crippen molar-refractivity contribution in [3.8, 4) is 11.5 Å². The number of halogens is 1. The van der Waals surface area contributed by atoms with Gasteiger partial charge in [-0.2, -0.15) is 0 Å². The van der Waals surface area contributed by atoms with E-state index in [0.717, 1.165) is 16.4 Å². The molecule has 2 N–H and O–H groups in total. The number of phenols is 2. The quantitative estimate of drug-likeness (QED) is 0.487. The Morgan fingerprint density at radius 2 is 2.00 bits per heavy atom. The van der Waals surface area contributed by atoms with Crippen molar-refractivity contribution in [1.82, 2.24) is 0 Å². The van der Waals surface area contributed by atoms with Gasteiger partial charge in [-0.15, -0.1) is 0 Å². The van der Waals surface area contributed by atoms with Crippen molar-refractivity contribution in [2.24, 2.45) is 0 Å². The number of aryl methyl sites for hydroxylation is 1. The zero-order valence-corrected chi connectivity index (χ0v) is 8.08. The molecular weight excluding hydrogens is 255 g/mol. The van der Waals surface area contributed by atoms with Crippen LogP contribution in [-0.2, 0) is 6.42 Å². The summed E-state index contributed by atoms with van der Waals surface area (Å²) in [7, 11) is 0. The molecule has 0 aliphatic rings. The summed E-state index contributed by atoms with van der Waals surface area (Å²) < 4.78 is 0.939. The molecule has 0 heterocycles. The molecule has 2 nitrogen and oxygen atoms in total. The van der Waals surface area contributed by atoms with Crippen LogP contribution in [0.2, 0.25) is 0 Å². The van der Waals surface area contributed by atoms with Gasteiger partial charge in [0.05, 0.1) is 0 Å². The first kappa shape index (κ1) is 8.64. The average molecular weight is 264 g/mol. The molecule has 0 saturated heterocycles. The van der Waals surface area contributed by atoms with Crippen LogP contribution in [-0.4, -0.2) is 14.6 Å². The number of hydrogen-bond donors (Lipinski definition) is 2. The molecule has 3 heteroatoms. The SMILES string of the molecule is Oc1ccc(O)c(CCI)c1. The zero-order chi connectivity index (χ0) is 8.27. The summed E-state index contributed by atoms with van der Waals surface area (Å²) in [6.45, 7) is 0. The Morgan fingerprint density at radius 1 is 1.27 bits per heavy atom. The van der Waals surface area contributed by atoms with E-state index in [-0.39, 0.29) is 11.5 Å². The minimum Gasteiger partial charge on any atom is -0.508 e. The molecule has 0 aliphatic carbocycles. The predicted octanol–water partition coefficient (Wildman–Crippen LogP) is 2.08. The lowest BCUT2D eigenvalue weighted by molar-refractivity contribution is 0.455. The van der Waals surface area contributed by atoms with E-state index in [1.165, 1.54) is 12.1 Å². The summed E-state index contributed by atoms with van der Waals surface area (Å²) >= 11 is 2.23. The molecule has 11 heavy (non-hydrogen) atoms. The first-order chi connectivity index (χ1) is 5.24. The van der Waals surface area contributed by atoms with Gasteiger partial charge < -0.3 is 10.2 Å². The third-order valence-corrected chi connectivity index (χ3v) is 1.97. The van der Waals surface area contributed by atoms with Crippen LogP contribution in [0.5, 0.6) is 11.5 Å². The maximum absolute atomic E-state index is 9.25. The zero-order valence-electron chi connectivity index (χ0n) is 5.92. The lowest BCUT2D eigenvalue weighted by Gasteiger charge is -2.01. The molecule has 60 valence electrons. The van der Waals surface area contributed by atoms with Gasteiger partial charge in [0.2, 0.25) is 0 Å². The maximum atomic E-state index is 9.25. The van der Waals surface area contributed by atoms with E-state index in [2.05, 4.69) is 22.6 Å². The molecule has 0 unspecified atom stereocenters. The highest BCUT2D eigenvalue weighted by Gasteiger charge is 2.00. The summed E-state index contributed by atoms with van der Waals surface area (Å²) in [4.78, 5) is 0. The maximum Gasteiger partial charge on any atom is 0.119 e. The number of benzene rings is 1. The van der Waals surface area contributed by atoms with E-state index in [0.29, 0.717) is 0 Å². The molecule has 0 aromatic heterocycles. The Balaban J connectivity index is 2.93. The van der Waals surface area contributed by atoms with E-state index in [4.69, 9.17) is 5.11 Å². The van der Waals surface area contributed by atoms with E-state index in [1.807, 2.05) is 0 Å². The van der Waals surface area contributed by atoms with Gasteiger partial charge >= 0.3 is 0 Å². The standard InChI is InChI=1S/C8H9IO2/c9-4-3-6-5-7(10)1-2-8(6)11/h1-2,5,10-11H,3-4H2. The summed E-state index contributed by atoms with van der Waals surface area (Å²) in [6, 6.07) is 4.58. The first-order valence-electron chi connectivity index (χ1n) is 3.31. The summed E-state index contributed by atoms with van der Waals surface area (Å²) in [5.74, 6) is 0.474. The van der Waals surface area contributed by atoms with Gasteiger partial charge in [0.1, 0.15) is 11.5 Å². The summed E-state index contributed by atoms with van der Waals surface area (Å²) in [5.41, 5.74) is 0.805. The van der Waals surface area contributed by atoms with Crippen molar-refractivity contribution < 1.29 is 10.2 Å². The Morgan fingerprint density at radius 3 is 2.64 bits per heavy atom. The number of aromatic hydroxyl groups is 2. The third kappa shape index (κ3) is 2.25. The van der Waals surface area contributed by atoms with Crippen LogP contribution < -0.4 is 0 Å². The highest BCUT2D eigenvalue weighted by Crippen LogP contribution is 2.22. The van der Waals surface area contributed by atoms with Crippen LogP contribution in [0.3, 0.4) is 0 Å². The van der Waals surface area contributed by atoms with Crippen LogP contribution in [0.15, 0.2) is 18.2 Å². The van der Waals surface area contributed by atoms with Gasteiger partial charge in [-0.25, -0.2) is 0 Å². The molecule has 1 rings (SSSR count). The van der Waals surface area contributed by atoms with Crippen LogP contribution in [0.4, 0.5) is 0 Å². The number of alkyl halides is 1. The minimum atomic E-state index is 0.211. The Labute approximate surface area is 79.0 Å². The molecule has 0 atom stereocenters. The second kappa shape index (κ2) is 3.80. The first-order valence-corrected chi connectivity index (χ1v) is 4.83. The fourth-order valence-electron chi connectivity index (χ4n) is 0.874. The van der Waals surface area contributed by atoms with Gasteiger partial charge in [-0.1, -0.05) is 22.6 Å². The number of rotatable bonds is 2. The Hall–Kier alpha value is -0.450. The normalized spacial score (nSPS) is 9.91. The molecule has 0 saturated carbocycles. The lowest BCUT2D eigenvalue weighted by atomic mass is 10.1. The van der Waals surface area contributed by atoms with Gasteiger partial charge in [0.15, 0.2) is 0 Å². The van der Waals surface area contributed by atoms with E-state index in [1.54, 1.807) is 6.07 Å². The molecular formula is C8H9IO2. The van der Waals surface area contributed by atoms with Crippen LogP contribution >= 0.6 is 22.6 Å². The van der Waals surface area contributed by atoms with E-state index < -0.39 is 0 Å². The monoisotopic (exact) mass is 264 g/mol. The molecule has 1 aromatic carbocycles. The molecule has 0 radical (unpaired) electrons. The van der Waals surface area contributed by atoms with E-state index >= 15 is 0 Å². The topological polar surface area (TPSA) is 40.5 Å². The van der Waals surface area contributed by atoms with Crippen LogP contribution in [0.25, 0.3) is 0 Å². The van der Waals surface area contributed by atoms with Crippen molar-refractivity contribution >= 4 is 22.6 Å². The lowest BCUT2D eigenvalue weighted by Crippen LogP contribution is -1.85. The largest absolute Gasteiger partial charge is 0.508 e. The second-order valence-electron chi connectivity index (χ2n) is 2.25. The number of phenolic OH excluding ortho intramolecular Hbond substituents is 2. The minimum absolute atomic E-state index is 0.211. The fourth-order valence-corrected chi connectivity index (χ4v) is 1.46. The highest BCUT2D eigenvalue weighted by atomic mass is 127. The molecule has 0 bridgehead atoms. The Bertz CT molecular complexity index is 248. The van der Waals surface area contributed by atoms with Gasteiger partial charge in [-0.05, 0) is 30.2 Å². The molecule has 0 aliphatic heterocycles. The smallest absolute Gasteiger partial charge is 0.119 e. The van der Waals surface area contributed by atoms with Crippen molar-refractivity contribution in [3.63, 3.8) is 0 Å². The Kier molecular flexibility index (Phi) is 2.99. The summed E-state index contributed by atoms with van der Waals surface area (Å²) in [5, 5.41) is 18.3. The predicted molar refractivity (Wildman–Crippen MR) is 52.4 cm³/mol. The van der Waals surface area contributed by atoms with Crippen LogP contribution in [0, 0.1) is 0 Å². The molecule has 0 fully saturated rings. The third-order valence-electron chi connectivity index (χ3n) is 1.43. The van der Waals surface area contributed by atoms with Crippen LogP contribution in [0.1, 0.15) is 5.56 Å². The van der Waals surface area contributed by atoms with Gasteiger partial charge in [-0.3, -0.25) is 0 Å². The van der Waals surface area contributed by atoms with Crippen molar-refractivity contribution in [2.75, 3.05) is 4.43 Å². The second-order valence-corrected chi connectivity index (χ2v) is 3.33. The van der Waals surface area contributed by atoms with Gasteiger partial charge in [0.25, 0.3) is 0 Å². The molecule has 0 spiro atoms. The van der Waals surface area contributed by atoms with Gasteiger partial charge in [0, 0.05) is 4.43 Å². The molecule has 0 amide bonds. The van der Waals surface area contributed by atoms with E-state index in [9.17, 15) is 5.11 Å². The average Bonchev–Trinajstić information content (AvgIpc) is 1.98. The highest BCUT2D eigenvalue weighted by molar-refractivity contribution is 14.1. The molecule has 1 aromatic rings. The van der Waals surface area contributed by atoms with Crippen molar-refractivity contribution in [3.05, 3.63) is 23.8 Å². The van der Waals surface area contributed by atoms with Crippen molar-refractivity contribution in [2.45, 2.75) is 6.42 Å². The summed E-state index contributed by atoms with van der Waals surface area (Å²) in [6.07, 6.45) is 0.792. The number of hydrogen-bond acceptors (Lipinski definition) is 2. The fraction of sp³-hybridized carbons (Fsp3) is 0.250.